The molecule has 2 aromatic carbocycles. The molecule has 202 valence electrons. The summed E-state index contributed by atoms with van der Waals surface area (Å²) in [4.78, 5) is 51.4. The zero-order valence-corrected chi connectivity index (χ0v) is 24.3. The first-order valence-electron chi connectivity index (χ1n) is 11.9. The van der Waals surface area contributed by atoms with Crippen molar-refractivity contribution in [1.82, 2.24) is 18.8 Å². The van der Waals surface area contributed by atoms with Crippen molar-refractivity contribution in [3.63, 3.8) is 0 Å². The zero-order valence-electron chi connectivity index (χ0n) is 20.6. The zero-order chi connectivity index (χ0) is 28.0. The molecule has 0 bridgehead atoms. The molecule has 3 aliphatic rings. The Balaban J connectivity index is 1.63. The highest BCUT2D eigenvalue weighted by atomic mass is 127. The van der Waals surface area contributed by atoms with Gasteiger partial charge in [0.25, 0.3) is 11.8 Å². The molecule has 6 rings (SSSR count). The normalized spacial score (nSPS) is 27.6. The summed E-state index contributed by atoms with van der Waals surface area (Å²) in [6.45, 7) is 0.0305. The second kappa shape index (κ2) is 8.73. The predicted molar refractivity (Wildman–Crippen MR) is 151 cm³/mol. The van der Waals surface area contributed by atoms with Crippen LogP contribution < -0.4 is 16.1 Å². The highest BCUT2D eigenvalue weighted by molar-refractivity contribution is 14.1. The number of methoxy groups -OCH3 is 1. The Morgan fingerprint density at radius 2 is 1.74 bits per heavy atom. The van der Waals surface area contributed by atoms with E-state index in [1.54, 1.807) is 48.5 Å². The monoisotopic (exact) mass is 682 g/mol. The van der Waals surface area contributed by atoms with Gasteiger partial charge < -0.3 is 9.84 Å². The van der Waals surface area contributed by atoms with Crippen LogP contribution in [0.2, 0.25) is 0 Å². The highest BCUT2D eigenvalue weighted by Gasteiger charge is 2.74. The van der Waals surface area contributed by atoms with Crippen molar-refractivity contribution in [2.45, 2.75) is 34.7 Å². The Morgan fingerprint density at radius 1 is 1.05 bits per heavy atom. The quantitative estimate of drug-likeness (QED) is 0.197. The number of allylic oxidation sites excluding steroid dienone is 2. The first-order chi connectivity index (χ1) is 18.5. The van der Waals surface area contributed by atoms with Crippen LogP contribution >= 0.6 is 45.8 Å². The van der Waals surface area contributed by atoms with Crippen LogP contribution in [0.3, 0.4) is 0 Å². The van der Waals surface area contributed by atoms with E-state index in [0.717, 1.165) is 9.47 Å². The van der Waals surface area contributed by atoms with Crippen LogP contribution in [0.5, 0.6) is 11.5 Å². The van der Waals surface area contributed by atoms with E-state index in [0.29, 0.717) is 20.4 Å². The number of halogens is 3. The standard InChI is InChI=1S/C26H21Cl2IN4O6/c1-30-21(35)25(27)12-17-15(8-9-31-23(37)32(24(38)33(17)31)14-6-4-3-5-7-14)19(26(25,28)22(30)36)13-10-16(29)20(34)18(11-13)39-2/h3-8,10-11,17,19,34H,9,12H2,1-2H3/t17-,19+,25-,26+/m1/s1. The second-order valence-electron chi connectivity index (χ2n) is 9.76. The van der Waals surface area contributed by atoms with Crippen molar-refractivity contribution in [3.05, 3.63) is 84.2 Å². The number of rotatable bonds is 3. The van der Waals surface area contributed by atoms with Gasteiger partial charge in [-0.15, -0.1) is 23.2 Å². The Labute approximate surface area is 245 Å². The summed E-state index contributed by atoms with van der Waals surface area (Å²) in [6, 6.07) is 10.8. The molecular formula is C26H21Cl2IN4O6. The first-order valence-corrected chi connectivity index (χ1v) is 13.8. The molecule has 39 heavy (non-hydrogen) atoms. The maximum atomic E-state index is 13.8. The number of phenolic OH excluding ortho intramolecular Hbond substituents is 1. The number of carbonyl (C=O) groups excluding carboxylic acids is 2. The molecule has 1 N–H and O–H groups in total. The molecule has 1 saturated heterocycles. The molecule has 3 aromatic rings. The van der Waals surface area contributed by atoms with Gasteiger partial charge in [0.15, 0.2) is 21.2 Å². The van der Waals surface area contributed by atoms with Gasteiger partial charge in [-0.1, -0.05) is 24.3 Å². The largest absolute Gasteiger partial charge is 0.504 e. The first kappa shape index (κ1) is 26.2. The average molecular weight is 683 g/mol. The third kappa shape index (κ3) is 3.26. The number of phenols is 1. The molecule has 4 atom stereocenters. The van der Waals surface area contributed by atoms with Crippen LogP contribution in [-0.4, -0.2) is 59.7 Å². The molecule has 0 unspecified atom stereocenters. The molecular weight excluding hydrogens is 662 g/mol. The third-order valence-corrected chi connectivity index (χ3v) is 10.1. The van der Waals surface area contributed by atoms with Gasteiger partial charge in [0.2, 0.25) is 0 Å². The molecule has 1 aromatic heterocycles. The molecule has 1 saturated carbocycles. The fourth-order valence-electron chi connectivity index (χ4n) is 6.09. The van der Waals surface area contributed by atoms with Gasteiger partial charge in [-0.25, -0.2) is 23.5 Å². The molecule has 0 spiro atoms. The number of carbonyl (C=O) groups is 2. The molecule has 2 amide bonds. The number of fused-ring (bicyclic) bond motifs is 4. The Kier molecular flexibility index (Phi) is 5.87. The van der Waals surface area contributed by atoms with Gasteiger partial charge in [0.05, 0.1) is 29.0 Å². The van der Waals surface area contributed by atoms with Crippen molar-refractivity contribution in [2.75, 3.05) is 14.2 Å². The number of para-hydroxylation sites is 1. The van der Waals surface area contributed by atoms with Crippen LogP contribution in [-0.2, 0) is 16.1 Å². The molecule has 2 fully saturated rings. The van der Waals surface area contributed by atoms with Crippen LogP contribution in [0.25, 0.3) is 5.69 Å². The van der Waals surface area contributed by atoms with Crippen molar-refractivity contribution >= 4 is 57.6 Å². The summed E-state index contributed by atoms with van der Waals surface area (Å²) in [5, 5.41) is 10.5. The van der Waals surface area contributed by atoms with Crippen molar-refractivity contribution in [3.8, 4) is 17.2 Å². The number of benzene rings is 2. The van der Waals surface area contributed by atoms with Crippen molar-refractivity contribution < 1.29 is 19.4 Å². The highest BCUT2D eigenvalue weighted by Crippen LogP contribution is 2.63. The van der Waals surface area contributed by atoms with Crippen LogP contribution in [0.15, 0.2) is 63.7 Å². The number of aromatic nitrogens is 3. The van der Waals surface area contributed by atoms with Gasteiger partial charge in [-0.3, -0.25) is 14.5 Å². The molecule has 0 radical (unpaired) electrons. The van der Waals surface area contributed by atoms with Gasteiger partial charge in [0, 0.05) is 19.4 Å². The van der Waals surface area contributed by atoms with Gasteiger partial charge in [-0.05, 0) is 58.0 Å². The van der Waals surface area contributed by atoms with Crippen LogP contribution in [0.4, 0.5) is 0 Å². The number of aromatic hydroxyl groups is 1. The lowest BCUT2D eigenvalue weighted by Crippen LogP contribution is -2.59. The number of alkyl halides is 2. The van der Waals surface area contributed by atoms with E-state index >= 15 is 0 Å². The fraction of sp³-hybridized carbons (Fsp3) is 0.308. The molecule has 1 aliphatic carbocycles. The van der Waals surface area contributed by atoms with E-state index in [9.17, 15) is 24.3 Å². The maximum Gasteiger partial charge on any atom is 0.352 e. The van der Waals surface area contributed by atoms with Crippen LogP contribution in [0.1, 0.15) is 23.9 Å². The topological polar surface area (TPSA) is 116 Å². The van der Waals surface area contributed by atoms with Gasteiger partial charge >= 0.3 is 11.4 Å². The second-order valence-corrected chi connectivity index (χ2v) is 12.2. The summed E-state index contributed by atoms with van der Waals surface area (Å²) < 4.78 is 9.45. The number of hydrogen-bond donors (Lipinski definition) is 1. The molecule has 13 heteroatoms. The number of likely N-dealkylation sites (tertiary alicyclic amines) is 1. The lowest BCUT2D eigenvalue weighted by Gasteiger charge is -2.49. The van der Waals surface area contributed by atoms with Gasteiger partial charge in [0.1, 0.15) is 0 Å². The summed E-state index contributed by atoms with van der Waals surface area (Å²) >= 11 is 16.2. The number of nitrogens with zero attached hydrogens (tertiary/aromatic N) is 4. The Bertz CT molecular complexity index is 1730. The van der Waals surface area contributed by atoms with E-state index in [2.05, 4.69) is 0 Å². The Morgan fingerprint density at radius 3 is 2.41 bits per heavy atom. The third-order valence-electron chi connectivity index (χ3n) is 7.90. The van der Waals surface area contributed by atoms with E-state index < -0.39 is 44.9 Å². The van der Waals surface area contributed by atoms with E-state index in [4.69, 9.17) is 27.9 Å². The minimum Gasteiger partial charge on any atom is -0.504 e. The number of imide groups is 1. The van der Waals surface area contributed by atoms with E-state index in [1.165, 1.54) is 23.5 Å². The number of hydrogen-bond acceptors (Lipinski definition) is 6. The lowest BCUT2D eigenvalue weighted by molar-refractivity contribution is -0.137. The summed E-state index contributed by atoms with van der Waals surface area (Å²) in [5.74, 6) is -2.30. The Hall–Kier alpha value is -3.03. The van der Waals surface area contributed by atoms with Crippen LogP contribution in [0, 0.1) is 3.57 Å². The maximum absolute atomic E-state index is 13.8. The van der Waals surface area contributed by atoms with Crippen molar-refractivity contribution in [2.24, 2.45) is 0 Å². The smallest absolute Gasteiger partial charge is 0.352 e. The predicted octanol–water partition coefficient (Wildman–Crippen LogP) is 2.74. The van der Waals surface area contributed by atoms with Crippen molar-refractivity contribution in [1.29, 1.82) is 0 Å². The minimum atomic E-state index is -1.94. The SMILES string of the molecule is COc1cc([C@H]2C3=CCn4c(=O)n(-c5ccccc5)c(=O)n4[C@@H]3C[C@@]3(Cl)C(=O)N(C)C(=O)[C@@]23Cl)cc(I)c1O. The van der Waals surface area contributed by atoms with E-state index in [-0.39, 0.29) is 24.5 Å². The summed E-state index contributed by atoms with van der Waals surface area (Å²) in [7, 11) is 2.71. The minimum absolute atomic E-state index is 0.0305. The number of ether oxygens (including phenoxy) is 1. The number of amides is 2. The lowest BCUT2D eigenvalue weighted by atomic mass is 9.64. The summed E-state index contributed by atoms with van der Waals surface area (Å²) in [5.41, 5.74) is 0.274. The molecule has 3 heterocycles. The summed E-state index contributed by atoms with van der Waals surface area (Å²) in [6.07, 6.45) is 1.56. The molecule has 2 aliphatic heterocycles. The fourth-order valence-corrected chi connectivity index (χ4v) is 7.72. The van der Waals surface area contributed by atoms with Gasteiger partial charge in [-0.2, -0.15) is 0 Å². The molecule has 10 nitrogen and oxygen atoms in total. The van der Waals surface area contributed by atoms with E-state index in [1.807, 2.05) is 22.6 Å². The average Bonchev–Trinajstić information content (AvgIpc) is 3.25.